The number of hydrogen-bond donors (Lipinski definition) is 2. The smallest absolute Gasteiger partial charge is 0.307 e. The second-order valence-electron chi connectivity index (χ2n) is 8.14. The Labute approximate surface area is 200 Å². The number of amides is 1. The van der Waals surface area contributed by atoms with E-state index in [2.05, 4.69) is 0 Å². The molecule has 1 saturated heterocycles. The summed E-state index contributed by atoms with van der Waals surface area (Å²) in [4.78, 5) is 38.7. The zero-order valence-corrected chi connectivity index (χ0v) is 19.0. The number of carboxylic acids is 1. The van der Waals surface area contributed by atoms with Crippen LogP contribution in [0.2, 0.25) is 0 Å². The average Bonchev–Trinajstić information content (AvgIpc) is 3.11. The van der Waals surface area contributed by atoms with Crippen molar-refractivity contribution in [3.05, 3.63) is 100 Å². The van der Waals surface area contributed by atoms with Gasteiger partial charge in [0.25, 0.3) is 11.7 Å². The number of Topliss-reactive ketones (excluding diaryl/α,β-unsaturated/α-hetero) is 1. The lowest BCUT2D eigenvalue weighted by molar-refractivity contribution is -0.136. The van der Waals surface area contributed by atoms with Crippen LogP contribution in [-0.4, -0.2) is 35.0 Å². The highest BCUT2D eigenvalue weighted by atomic mass is 19.1. The predicted molar refractivity (Wildman–Crippen MR) is 127 cm³/mol. The van der Waals surface area contributed by atoms with Gasteiger partial charge in [-0.15, -0.1) is 0 Å². The average molecular weight is 475 g/mol. The van der Waals surface area contributed by atoms with Crippen molar-refractivity contribution in [2.24, 2.45) is 0 Å². The highest BCUT2D eigenvalue weighted by molar-refractivity contribution is 6.51. The molecular weight excluding hydrogens is 453 g/mol. The fourth-order valence-corrected chi connectivity index (χ4v) is 4.10. The van der Waals surface area contributed by atoms with Crippen LogP contribution < -0.4 is 9.64 Å². The van der Waals surface area contributed by atoms with E-state index in [1.165, 1.54) is 37.1 Å². The SMILES string of the molecule is COc1ccc(C2/C(=C(/O)c3ccc(F)c(C)c3)C(=O)C(=O)N2c2ccc(CC(=O)O)cc2)cc1. The zero-order chi connectivity index (χ0) is 25.3. The van der Waals surface area contributed by atoms with Gasteiger partial charge in [-0.2, -0.15) is 0 Å². The van der Waals surface area contributed by atoms with Gasteiger partial charge >= 0.3 is 5.97 Å². The third-order valence-corrected chi connectivity index (χ3v) is 5.88. The van der Waals surface area contributed by atoms with Gasteiger partial charge in [-0.3, -0.25) is 19.3 Å². The van der Waals surface area contributed by atoms with Gasteiger partial charge < -0.3 is 14.9 Å². The van der Waals surface area contributed by atoms with E-state index in [-0.39, 0.29) is 23.1 Å². The van der Waals surface area contributed by atoms with Crippen molar-refractivity contribution in [1.29, 1.82) is 0 Å². The van der Waals surface area contributed by atoms with Crippen LogP contribution in [0.5, 0.6) is 5.75 Å². The normalized spacial score (nSPS) is 17.0. The zero-order valence-electron chi connectivity index (χ0n) is 19.0. The van der Waals surface area contributed by atoms with Crippen molar-refractivity contribution in [1.82, 2.24) is 0 Å². The first kappa shape index (κ1) is 23.7. The highest BCUT2D eigenvalue weighted by Gasteiger charge is 2.47. The second-order valence-corrected chi connectivity index (χ2v) is 8.14. The molecular formula is C27H22FNO6. The summed E-state index contributed by atoms with van der Waals surface area (Å²) in [5.74, 6) is -3.05. The van der Waals surface area contributed by atoms with Crippen LogP contribution in [-0.2, 0) is 20.8 Å². The Balaban J connectivity index is 1.88. The monoisotopic (exact) mass is 475 g/mol. The summed E-state index contributed by atoms with van der Waals surface area (Å²) in [6.07, 6.45) is -0.190. The molecule has 1 unspecified atom stereocenters. The maximum absolute atomic E-state index is 13.8. The van der Waals surface area contributed by atoms with Crippen molar-refractivity contribution >= 4 is 29.1 Å². The molecule has 0 aromatic heterocycles. The van der Waals surface area contributed by atoms with Crippen molar-refractivity contribution in [2.75, 3.05) is 12.0 Å². The summed E-state index contributed by atoms with van der Waals surface area (Å²) in [7, 11) is 1.51. The minimum atomic E-state index is -0.994. The Morgan fingerprint density at radius 1 is 1.00 bits per heavy atom. The third-order valence-electron chi connectivity index (χ3n) is 5.88. The van der Waals surface area contributed by atoms with Crippen LogP contribution in [0, 0.1) is 12.7 Å². The minimum Gasteiger partial charge on any atom is -0.507 e. The Kier molecular flexibility index (Phi) is 6.38. The van der Waals surface area contributed by atoms with E-state index >= 15 is 0 Å². The molecule has 3 aromatic rings. The molecule has 0 aliphatic carbocycles. The van der Waals surface area contributed by atoms with Crippen LogP contribution in [0.15, 0.2) is 72.3 Å². The fraction of sp³-hybridized carbons (Fsp3) is 0.148. The van der Waals surface area contributed by atoms with Gasteiger partial charge in [0.05, 0.1) is 25.1 Å². The molecule has 0 saturated carbocycles. The first-order valence-corrected chi connectivity index (χ1v) is 10.7. The van der Waals surface area contributed by atoms with Crippen LogP contribution in [0.25, 0.3) is 5.76 Å². The lowest BCUT2D eigenvalue weighted by Gasteiger charge is -2.25. The number of aliphatic hydroxyl groups is 1. The third kappa shape index (κ3) is 4.50. The topological polar surface area (TPSA) is 104 Å². The molecule has 1 atom stereocenters. The quantitative estimate of drug-likeness (QED) is 0.311. The van der Waals surface area contributed by atoms with E-state index in [9.17, 15) is 23.9 Å². The Morgan fingerprint density at radius 2 is 1.66 bits per heavy atom. The predicted octanol–water partition coefficient (Wildman–Crippen LogP) is 4.40. The fourth-order valence-electron chi connectivity index (χ4n) is 4.10. The molecule has 3 aromatic carbocycles. The molecule has 2 N–H and O–H groups in total. The second kappa shape index (κ2) is 9.42. The summed E-state index contributed by atoms with van der Waals surface area (Å²) >= 11 is 0. The molecule has 1 amide bonds. The number of rotatable bonds is 6. The number of ketones is 1. The molecule has 1 aliphatic heterocycles. The molecule has 1 heterocycles. The van der Waals surface area contributed by atoms with Gasteiger partial charge in [-0.05, 0) is 66.1 Å². The Bertz CT molecular complexity index is 1350. The van der Waals surface area contributed by atoms with E-state index in [1.807, 2.05) is 0 Å². The number of methoxy groups -OCH3 is 1. The number of aryl methyl sites for hydroxylation is 1. The van der Waals surface area contributed by atoms with Crippen LogP contribution in [0.3, 0.4) is 0 Å². The van der Waals surface area contributed by atoms with Crippen molar-refractivity contribution < 1.29 is 33.7 Å². The summed E-state index contributed by atoms with van der Waals surface area (Å²) in [6.45, 7) is 1.53. The first-order valence-electron chi connectivity index (χ1n) is 10.7. The number of nitrogens with zero attached hydrogens (tertiary/aromatic N) is 1. The van der Waals surface area contributed by atoms with Crippen LogP contribution in [0.4, 0.5) is 10.1 Å². The number of carbonyl (C=O) groups excluding carboxylic acids is 2. The number of aliphatic hydroxyl groups excluding tert-OH is 1. The van der Waals surface area contributed by atoms with Gasteiger partial charge in [-0.1, -0.05) is 24.3 Å². The molecule has 178 valence electrons. The summed E-state index contributed by atoms with van der Waals surface area (Å²) < 4.78 is 19.0. The van der Waals surface area contributed by atoms with E-state index in [0.717, 1.165) is 0 Å². The van der Waals surface area contributed by atoms with Gasteiger partial charge in [0.15, 0.2) is 0 Å². The lowest BCUT2D eigenvalue weighted by Crippen LogP contribution is -2.29. The molecule has 0 radical (unpaired) electrons. The largest absolute Gasteiger partial charge is 0.507 e. The number of anilines is 1. The summed E-state index contributed by atoms with van der Waals surface area (Å²) in [6, 6.07) is 15.9. The number of halogens is 1. The number of ether oxygens (including phenoxy) is 1. The van der Waals surface area contributed by atoms with Crippen molar-refractivity contribution in [2.45, 2.75) is 19.4 Å². The summed E-state index contributed by atoms with van der Waals surface area (Å²) in [5, 5.41) is 20.2. The maximum atomic E-state index is 13.8. The van der Waals surface area contributed by atoms with Crippen LogP contribution in [0.1, 0.15) is 28.3 Å². The molecule has 8 heteroatoms. The molecule has 1 aliphatic rings. The number of hydrogen-bond acceptors (Lipinski definition) is 5. The molecule has 7 nitrogen and oxygen atoms in total. The van der Waals surface area contributed by atoms with Gasteiger partial charge in [-0.25, -0.2) is 4.39 Å². The molecule has 4 rings (SSSR count). The van der Waals surface area contributed by atoms with Gasteiger partial charge in [0, 0.05) is 11.3 Å². The highest BCUT2D eigenvalue weighted by Crippen LogP contribution is 2.42. The van der Waals surface area contributed by atoms with E-state index in [1.54, 1.807) is 48.5 Å². The van der Waals surface area contributed by atoms with Gasteiger partial charge in [0.2, 0.25) is 0 Å². The molecule has 35 heavy (non-hydrogen) atoms. The standard InChI is InChI=1S/C27H22FNO6/c1-15-13-18(7-12-21(15)28)25(32)23-24(17-5-10-20(35-2)11-6-17)29(27(34)26(23)33)19-8-3-16(4-9-19)14-22(30)31/h3-13,24,32H,14H2,1-2H3,(H,30,31)/b25-23-. The lowest BCUT2D eigenvalue weighted by atomic mass is 9.94. The Hall–Kier alpha value is -4.46. The molecule has 0 bridgehead atoms. The minimum absolute atomic E-state index is 0.138. The number of carbonyl (C=O) groups is 3. The molecule has 1 fully saturated rings. The van der Waals surface area contributed by atoms with Gasteiger partial charge in [0.1, 0.15) is 17.3 Å². The van der Waals surface area contributed by atoms with Crippen molar-refractivity contribution in [3.8, 4) is 5.75 Å². The maximum Gasteiger partial charge on any atom is 0.307 e. The van der Waals surface area contributed by atoms with Crippen LogP contribution >= 0.6 is 0 Å². The summed E-state index contributed by atoms with van der Waals surface area (Å²) in [5.41, 5.74) is 1.77. The number of aliphatic carboxylic acids is 1. The Morgan fingerprint density at radius 3 is 2.23 bits per heavy atom. The number of benzene rings is 3. The number of carboxylic acid groups (broad SMARTS) is 1. The molecule has 0 spiro atoms. The van der Waals surface area contributed by atoms with E-state index < -0.39 is 35.3 Å². The van der Waals surface area contributed by atoms with E-state index in [4.69, 9.17) is 9.84 Å². The van der Waals surface area contributed by atoms with Crippen molar-refractivity contribution in [3.63, 3.8) is 0 Å². The van der Waals surface area contributed by atoms with E-state index in [0.29, 0.717) is 22.6 Å². The first-order chi connectivity index (χ1) is 16.7.